The fourth-order valence-electron chi connectivity index (χ4n) is 2.95. The molecule has 2 aromatic rings. The lowest BCUT2D eigenvalue weighted by molar-refractivity contribution is 0.357. The molecule has 5 heteroatoms. The Hall–Kier alpha value is -1.85. The zero-order chi connectivity index (χ0) is 17.2. The first kappa shape index (κ1) is 17.0. The van der Waals surface area contributed by atoms with Gasteiger partial charge in [0.2, 0.25) is 0 Å². The highest BCUT2D eigenvalue weighted by molar-refractivity contribution is 7.90. The molecule has 0 fully saturated rings. The molecule has 0 spiro atoms. The van der Waals surface area contributed by atoms with Gasteiger partial charge < -0.3 is 10.1 Å². The van der Waals surface area contributed by atoms with Gasteiger partial charge in [-0.1, -0.05) is 24.3 Å². The van der Waals surface area contributed by atoms with Gasteiger partial charge in [0, 0.05) is 18.7 Å². The van der Waals surface area contributed by atoms with E-state index < -0.39 is 9.84 Å². The van der Waals surface area contributed by atoms with Crippen LogP contribution in [0, 0.1) is 0 Å². The summed E-state index contributed by atoms with van der Waals surface area (Å²) in [5, 5.41) is 3.49. The van der Waals surface area contributed by atoms with E-state index in [1.54, 1.807) is 12.1 Å². The molecular weight excluding hydrogens is 322 g/mol. The van der Waals surface area contributed by atoms with Crippen molar-refractivity contribution in [3.8, 4) is 5.75 Å². The van der Waals surface area contributed by atoms with Crippen molar-refractivity contribution in [1.29, 1.82) is 0 Å². The summed E-state index contributed by atoms with van der Waals surface area (Å²) in [6.07, 6.45) is 3.18. The maximum Gasteiger partial charge on any atom is 0.175 e. The molecule has 1 heterocycles. The number of sulfone groups is 1. The Morgan fingerprint density at radius 3 is 2.62 bits per heavy atom. The van der Waals surface area contributed by atoms with Gasteiger partial charge in [0.05, 0.1) is 11.5 Å². The van der Waals surface area contributed by atoms with Crippen LogP contribution in [0.1, 0.15) is 29.7 Å². The molecule has 1 aliphatic heterocycles. The average Bonchev–Trinajstić information content (AvgIpc) is 3.02. The summed E-state index contributed by atoms with van der Waals surface area (Å²) >= 11 is 0. The van der Waals surface area contributed by atoms with E-state index in [0.29, 0.717) is 4.90 Å². The Labute approximate surface area is 143 Å². The summed E-state index contributed by atoms with van der Waals surface area (Å²) in [7, 11) is -3.13. The van der Waals surface area contributed by atoms with Gasteiger partial charge in [0.25, 0.3) is 0 Å². The van der Waals surface area contributed by atoms with E-state index in [1.807, 2.05) is 12.1 Å². The summed E-state index contributed by atoms with van der Waals surface area (Å²) < 4.78 is 28.5. The van der Waals surface area contributed by atoms with Crippen LogP contribution < -0.4 is 10.1 Å². The van der Waals surface area contributed by atoms with Crippen LogP contribution in [-0.2, 0) is 22.7 Å². The van der Waals surface area contributed by atoms with Crippen molar-refractivity contribution in [2.45, 2.75) is 30.7 Å². The highest BCUT2D eigenvalue weighted by Gasteiger charge is 2.12. The predicted octanol–water partition coefficient (Wildman–Crippen LogP) is 2.92. The van der Waals surface area contributed by atoms with Crippen LogP contribution in [-0.4, -0.2) is 27.8 Å². The quantitative estimate of drug-likeness (QED) is 0.875. The van der Waals surface area contributed by atoms with Crippen LogP contribution in [0.3, 0.4) is 0 Å². The SMILES string of the molecule is C[C@@H](NCCc1ccc2c(c1)CCO2)c1ccc(S(C)(=O)=O)cc1. The third-order valence-electron chi connectivity index (χ3n) is 4.43. The standard InChI is InChI=1S/C19H23NO3S/c1-14(16-4-6-18(7-5-16)24(2,21)22)20-11-9-15-3-8-19-17(13-15)10-12-23-19/h3-8,13-14,20H,9-12H2,1-2H3/t14-/m1/s1. The molecule has 1 N–H and O–H groups in total. The second-order valence-corrected chi connectivity index (χ2v) is 8.32. The number of ether oxygens (including phenoxy) is 1. The van der Waals surface area contributed by atoms with Gasteiger partial charge in [-0.2, -0.15) is 0 Å². The van der Waals surface area contributed by atoms with Crippen molar-refractivity contribution in [2.24, 2.45) is 0 Å². The maximum atomic E-state index is 11.5. The van der Waals surface area contributed by atoms with Gasteiger partial charge in [-0.3, -0.25) is 0 Å². The number of rotatable bonds is 6. The monoisotopic (exact) mass is 345 g/mol. The van der Waals surface area contributed by atoms with Gasteiger partial charge in [0.15, 0.2) is 9.84 Å². The molecule has 1 atom stereocenters. The number of hydrogen-bond acceptors (Lipinski definition) is 4. The van der Waals surface area contributed by atoms with Gasteiger partial charge in [-0.15, -0.1) is 0 Å². The summed E-state index contributed by atoms with van der Waals surface area (Å²) in [5.74, 6) is 1.02. The summed E-state index contributed by atoms with van der Waals surface area (Å²) in [5.41, 5.74) is 3.70. The highest BCUT2D eigenvalue weighted by atomic mass is 32.2. The fraction of sp³-hybridized carbons (Fsp3) is 0.368. The van der Waals surface area contributed by atoms with Crippen LogP contribution in [0.25, 0.3) is 0 Å². The van der Waals surface area contributed by atoms with Crippen LogP contribution in [0.15, 0.2) is 47.4 Å². The van der Waals surface area contributed by atoms with E-state index in [2.05, 4.69) is 30.4 Å². The largest absolute Gasteiger partial charge is 0.493 e. The summed E-state index contributed by atoms with van der Waals surface area (Å²) in [6.45, 7) is 3.75. The summed E-state index contributed by atoms with van der Waals surface area (Å²) in [4.78, 5) is 0.360. The van der Waals surface area contributed by atoms with E-state index in [-0.39, 0.29) is 6.04 Å². The minimum Gasteiger partial charge on any atom is -0.493 e. The van der Waals surface area contributed by atoms with Gasteiger partial charge >= 0.3 is 0 Å². The predicted molar refractivity (Wildman–Crippen MR) is 95.3 cm³/mol. The van der Waals surface area contributed by atoms with Crippen molar-refractivity contribution in [1.82, 2.24) is 5.32 Å². The average molecular weight is 345 g/mol. The zero-order valence-corrected chi connectivity index (χ0v) is 14.9. The first-order valence-electron chi connectivity index (χ1n) is 8.21. The third kappa shape index (κ3) is 3.97. The van der Waals surface area contributed by atoms with Gasteiger partial charge in [-0.05, 0) is 54.8 Å². The van der Waals surface area contributed by atoms with Crippen LogP contribution in [0.2, 0.25) is 0 Å². The van der Waals surface area contributed by atoms with Crippen molar-refractivity contribution in [3.63, 3.8) is 0 Å². The van der Waals surface area contributed by atoms with Gasteiger partial charge in [0.1, 0.15) is 5.75 Å². The lowest BCUT2D eigenvalue weighted by Crippen LogP contribution is -2.21. The molecule has 0 saturated heterocycles. The molecule has 24 heavy (non-hydrogen) atoms. The Kier molecular flexibility index (Phi) is 4.92. The molecule has 0 aliphatic carbocycles. The molecule has 1 aliphatic rings. The van der Waals surface area contributed by atoms with E-state index in [9.17, 15) is 8.42 Å². The first-order valence-corrected chi connectivity index (χ1v) is 10.1. The van der Waals surface area contributed by atoms with E-state index in [1.165, 1.54) is 17.4 Å². The third-order valence-corrected chi connectivity index (χ3v) is 5.55. The van der Waals surface area contributed by atoms with E-state index >= 15 is 0 Å². The second-order valence-electron chi connectivity index (χ2n) is 6.31. The minimum absolute atomic E-state index is 0.177. The molecule has 0 saturated carbocycles. The second kappa shape index (κ2) is 6.95. The molecule has 128 valence electrons. The van der Waals surface area contributed by atoms with Crippen LogP contribution in [0.5, 0.6) is 5.75 Å². The number of benzene rings is 2. The highest BCUT2D eigenvalue weighted by Crippen LogP contribution is 2.26. The minimum atomic E-state index is -3.13. The number of fused-ring (bicyclic) bond motifs is 1. The Morgan fingerprint density at radius 1 is 1.17 bits per heavy atom. The first-order chi connectivity index (χ1) is 11.4. The molecule has 4 nitrogen and oxygen atoms in total. The lowest BCUT2D eigenvalue weighted by atomic mass is 10.1. The zero-order valence-electron chi connectivity index (χ0n) is 14.1. The van der Waals surface area contributed by atoms with Crippen molar-refractivity contribution < 1.29 is 13.2 Å². The molecule has 2 aromatic carbocycles. The Morgan fingerprint density at radius 2 is 1.92 bits per heavy atom. The van der Waals surface area contributed by atoms with Crippen molar-refractivity contribution in [2.75, 3.05) is 19.4 Å². The van der Waals surface area contributed by atoms with Gasteiger partial charge in [-0.25, -0.2) is 8.42 Å². The fourth-order valence-corrected chi connectivity index (χ4v) is 3.58. The number of nitrogens with one attached hydrogen (secondary N) is 1. The molecule has 0 amide bonds. The molecule has 0 aromatic heterocycles. The molecule has 0 bridgehead atoms. The maximum absolute atomic E-state index is 11.5. The van der Waals surface area contributed by atoms with Crippen molar-refractivity contribution in [3.05, 3.63) is 59.2 Å². The summed E-state index contributed by atoms with van der Waals surface area (Å²) in [6, 6.07) is 13.7. The lowest BCUT2D eigenvalue weighted by Gasteiger charge is -2.15. The molecule has 0 unspecified atom stereocenters. The van der Waals surface area contributed by atoms with Crippen molar-refractivity contribution >= 4 is 9.84 Å². The smallest absolute Gasteiger partial charge is 0.175 e. The van der Waals surface area contributed by atoms with E-state index in [4.69, 9.17) is 4.74 Å². The van der Waals surface area contributed by atoms with Crippen LogP contribution in [0.4, 0.5) is 0 Å². The van der Waals surface area contributed by atoms with E-state index in [0.717, 1.165) is 37.3 Å². The topological polar surface area (TPSA) is 55.4 Å². The Balaban J connectivity index is 1.55. The van der Waals surface area contributed by atoms with Crippen LogP contribution >= 0.6 is 0 Å². The number of hydrogen-bond donors (Lipinski definition) is 1. The Bertz CT molecular complexity index is 813. The molecular formula is C19H23NO3S. The molecule has 0 radical (unpaired) electrons. The normalized spacial score (nSPS) is 14.9. The molecule has 3 rings (SSSR count).